The Hall–Kier alpha value is -1.59. The van der Waals surface area contributed by atoms with Crippen molar-refractivity contribution in [1.29, 1.82) is 0 Å². The van der Waals surface area contributed by atoms with Crippen LogP contribution in [0.1, 0.15) is 16.2 Å². The van der Waals surface area contributed by atoms with E-state index in [1.807, 2.05) is 0 Å². The van der Waals surface area contributed by atoms with Gasteiger partial charge in [-0.2, -0.15) is 0 Å². The van der Waals surface area contributed by atoms with Gasteiger partial charge in [-0.25, -0.2) is 4.68 Å². The summed E-state index contributed by atoms with van der Waals surface area (Å²) in [5, 5.41) is 8.40. The van der Waals surface area contributed by atoms with Gasteiger partial charge in [-0.15, -0.1) is 5.10 Å². The highest BCUT2D eigenvalue weighted by atomic mass is 35.5. The SMILES string of the molecule is Cc1c(C(N)=O)nnn1-c1ccc(Cl)c(Cl)c1. The van der Waals surface area contributed by atoms with Crippen molar-refractivity contribution in [2.24, 2.45) is 5.73 Å². The maximum atomic E-state index is 11.0. The van der Waals surface area contributed by atoms with Crippen molar-refractivity contribution in [1.82, 2.24) is 15.0 Å². The summed E-state index contributed by atoms with van der Waals surface area (Å²) in [4.78, 5) is 11.0. The van der Waals surface area contributed by atoms with E-state index in [1.54, 1.807) is 25.1 Å². The van der Waals surface area contributed by atoms with E-state index in [0.717, 1.165) is 0 Å². The molecule has 2 rings (SSSR count). The van der Waals surface area contributed by atoms with Crippen molar-refractivity contribution in [2.75, 3.05) is 0 Å². The number of nitrogens with zero attached hydrogens (tertiary/aromatic N) is 3. The van der Waals surface area contributed by atoms with Gasteiger partial charge >= 0.3 is 0 Å². The zero-order valence-corrected chi connectivity index (χ0v) is 10.3. The highest BCUT2D eigenvalue weighted by Gasteiger charge is 2.14. The molecule has 1 aromatic heterocycles. The molecule has 2 aromatic rings. The number of primary amides is 1. The molecule has 0 bridgehead atoms. The Labute approximate surface area is 107 Å². The smallest absolute Gasteiger partial charge is 0.271 e. The first-order valence-electron chi connectivity index (χ1n) is 4.68. The Morgan fingerprint density at radius 2 is 2.06 bits per heavy atom. The van der Waals surface area contributed by atoms with Crippen LogP contribution in [0.3, 0.4) is 0 Å². The molecule has 1 aromatic carbocycles. The minimum atomic E-state index is -0.617. The normalized spacial score (nSPS) is 10.5. The van der Waals surface area contributed by atoms with Crippen molar-refractivity contribution >= 4 is 29.1 Å². The Morgan fingerprint density at radius 1 is 1.35 bits per heavy atom. The molecule has 0 radical (unpaired) electrons. The molecule has 5 nitrogen and oxygen atoms in total. The van der Waals surface area contributed by atoms with Gasteiger partial charge in [0.05, 0.1) is 21.4 Å². The molecule has 0 saturated carbocycles. The third-order valence-corrected chi connectivity index (χ3v) is 3.01. The number of nitrogens with two attached hydrogens (primary N) is 1. The predicted octanol–water partition coefficient (Wildman–Crippen LogP) is 1.98. The van der Waals surface area contributed by atoms with Gasteiger partial charge in [-0.3, -0.25) is 4.79 Å². The number of halogens is 2. The lowest BCUT2D eigenvalue weighted by atomic mass is 10.3. The molecule has 88 valence electrons. The number of hydrogen-bond donors (Lipinski definition) is 1. The van der Waals surface area contributed by atoms with Crippen LogP contribution in [0.5, 0.6) is 0 Å². The quantitative estimate of drug-likeness (QED) is 0.907. The molecule has 0 unspecified atom stereocenters. The Kier molecular flexibility index (Phi) is 3.04. The molecular formula is C10H8Cl2N4O. The average molecular weight is 271 g/mol. The summed E-state index contributed by atoms with van der Waals surface area (Å²) >= 11 is 11.7. The lowest BCUT2D eigenvalue weighted by Crippen LogP contribution is -2.13. The van der Waals surface area contributed by atoms with E-state index in [9.17, 15) is 4.79 Å². The van der Waals surface area contributed by atoms with Crippen LogP contribution in [0.25, 0.3) is 5.69 Å². The van der Waals surface area contributed by atoms with Crippen molar-refractivity contribution in [3.8, 4) is 5.69 Å². The van der Waals surface area contributed by atoms with Gasteiger partial charge in [0.2, 0.25) is 0 Å². The topological polar surface area (TPSA) is 73.8 Å². The monoisotopic (exact) mass is 270 g/mol. The summed E-state index contributed by atoms with van der Waals surface area (Å²) in [7, 11) is 0. The fourth-order valence-corrected chi connectivity index (χ4v) is 1.71. The lowest BCUT2D eigenvalue weighted by Gasteiger charge is -2.04. The van der Waals surface area contributed by atoms with Gasteiger partial charge < -0.3 is 5.73 Å². The van der Waals surface area contributed by atoms with Crippen molar-refractivity contribution < 1.29 is 4.79 Å². The number of carbonyl (C=O) groups excluding carboxylic acids is 1. The molecule has 0 aliphatic rings. The Morgan fingerprint density at radius 3 is 2.59 bits per heavy atom. The predicted molar refractivity (Wildman–Crippen MR) is 64.6 cm³/mol. The van der Waals surface area contributed by atoms with Gasteiger partial charge in [0.15, 0.2) is 5.69 Å². The third-order valence-electron chi connectivity index (χ3n) is 2.28. The first-order valence-corrected chi connectivity index (χ1v) is 5.44. The molecule has 0 saturated heterocycles. The van der Waals surface area contributed by atoms with E-state index in [1.165, 1.54) is 4.68 Å². The van der Waals surface area contributed by atoms with Crippen molar-refractivity contribution in [3.63, 3.8) is 0 Å². The Bertz CT molecular complexity index is 594. The molecule has 17 heavy (non-hydrogen) atoms. The van der Waals surface area contributed by atoms with Gasteiger partial charge in [0, 0.05) is 0 Å². The Balaban J connectivity index is 2.53. The fourth-order valence-electron chi connectivity index (χ4n) is 1.42. The maximum Gasteiger partial charge on any atom is 0.271 e. The van der Waals surface area contributed by atoms with Crippen molar-refractivity contribution in [2.45, 2.75) is 6.92 Å². The number of amides is 1. The number of rotatable bonds is 2. The zero-order chi connectivity index (χ0) is 12.6. The zero-order valence-electron chi connectivity index (χ0n) is 8.82. The second-order valence-corrected chi connectivity index (χ2v) is 4.21. The fraction of sp³-hybridized carbons (Fsp3) is 0.100. The molecule has 2 N–H and O–H groups in total. The minimum absolute atomic E-state index is 0.135. The largest absolute Gasteiger partial charge is 0.364 e. The van der Waals surface area contributed by atoms with E-state index in [0.29, 0.717) is 21.4 Å². The van der Waals surface area contributed by atoms with Gasteiger partial charge in [0.1, 0.15) is 0 Å². The van der Waals surface area contributed by atoms with E-state index in [-0.39, 0.29) is 5.69 Å². The second kappa shape index (κ2) is 4.35. The molecule has 7 heteroatoms. The van der Waals surface area contributed by atoms with Crippen LogP contribution in [0, 0.1) is 6.92 Å². The number of hydrogen-bond acceptors (Lipinski definition) is 3. The lowest BCUT2D eigenvalue weighted by molar-refractivity contribution is 0.0995. The molecule has 1 heterocycles. The summed E-state index contributed by atoms with van der Waals surface area (Å²) in [5.74, 6) is -0.617. The summed E-state index contributed by atoms with van der Waals surface area (Å²) in [6.45, 7) is 1.70. The summed E-state index contributed by atoms with van der Waals surface area (Å²) in [6, 6.07) is 5.00. The highest BCUT2D eigenvalue weighted by Crippen LogP contribution is 2.24. The second-order valence-electron chi connectivity index (χ2n) is 3.40. The molecule has 0 aliphatic carbocycles. The van der Waals surface area contributed by atoms with E-state index in [2.05, 4.69) is 10.3 Å². The van der Waals surface area contributed by atoms with Crippen LogP contribution < -0.4 is 5.73 Å². The van der Waals surface area contributed by atoms with Crippen LogP contribution >= 0.6 is 23.2 Å². The standard InChI is InChI=1S/C10H8Cl2N4O/c1-5-9(10(13)17)14-15-16(5)6-2-3-7(11)8(12)4-6/h2-4H,1H3,(H2,13,17). The van der Waals surface area contributed by atoms with Crippen LogP contribution in [0.15, 0.2) is 18.2 Å². The van der Waals surface area contributed by atoms with E-state index >= 15 is 0 Å². The maximum absolute atomic E-state index is 11.0. The van der Waals surface area contributed by atoms with Crippen LogP contribution in [-0.4, -0.2) is 20.9 Å². The molecule has 0 aliphatic heterocycles. The van der Waals surface area contributed by atoms with Crippen LogP contribution in [-0.2, 0) is 0 Å². The number of benzene rings is 1. The van der Waals surface area contributed by atoms with Gasteiger partial charge in [0.25, 0.3) is 5.91 Å². The molecule has 0 spiro atoms. The molecule has 1 amide bonds. The number of carbonyl (C=O) groups is 1. The molecular weight excluding hydrogens is 263 g/mol. The molecule has 0 atom stereocenters. The average Bonchev–Trinajstić information content (AvgIpc) is 2.64. The summed E-state index contributed by atoms with van der Waals surface area (Å²) in [5.41, 5.74) is 6.51. The summed E-state index contributed by atoms with van der Waals surface area (Å²) < 4.78 is 1.47. The van der Waals surface area contributed by atoms with Crippen LogP contribution in [0.2, 0.25) is 10.0 Å². The first kappa shape index (κ1) is 11.9. The molecule has 0 fully saturated rings. The van der Waals surface area contributed by atoms with E-state index in [4.69, 9.17) is 28.9 Å². The van der Waals surface area contributed by atoms with Crippen LogP contribution in [0.4, 0.5) is 0 Å². The number of aromatic nitrogens is 3. The van der Waals surface area contributed by atoms with Crippen molar-refractivity contribution in [3.05, 3.63) is 39.6 Å². The third kappa shape index (κ3) is 2.11. The van der Waals surface area contributed by atoms with Gasteiger partial charge in [-0.05, 0) is 25.1 Å². The summed E-state index contributed by atoms with van der Waals surface area (Å²) in [6.07, 6.45) is 0. The van der Waals surface area contributed by atoms with Gasteiger partial charge in [-0.1, -0.05) is 28.4 Å². The minimum Gasteiger partial charge on any atom is -0.364 e. The van der Waals surface area contributed by atoms with E-state index < -0.39 is 5.91 Å². The highest BCUT2D eigenvalue weighted by molar-refractivity contribution is 6.42. The first-order chi connectivity index (χ1) is 8.00.